The van der Waals surface area contributed by atoms with Crippen LogP contribution in [0.5, 0.6) is 11.5 Å². The predicted octanol–water partition coefficient (Wildman–Crippen LogP) is 0.101. The van der Waals surface area contributed by atoms with E-state index in [1.807, 2.05) is 17.3 Å². The molecule has 1 aromatic rings. The Hall–Kier alpha value is -3.69. The minimum Gasteiger partial charge on any atom is -0.504 e. The number of aliphatic hydroxyl groups excluding tert-OH is 1. The zero-order valence-corrected chi connectivity index (χ0v) is 21.9. The van der Waals surface area contributed by atoms with Gasteiger partial charge in [0.05, 0.1) is 17.4 Å². The van der Waals surface area contributed by atoms with Gasteiger partial charge in [-0.15, -0.1) is 0 Å². The molecule has 1 fully saturated rings. The van der Waals surface area contributed by atoms with Crippen molar-refractivity contribution in [2.45, 2.75) is 74.1 Å². The molecule has 1 spiro atoms. The number of halogens is 3. The number of aromatic hydroxyl groups is 1. The number of esters is 3. The number of amides is 1. The predicted molar refractivity (Wildman–Crippen MR) is 128 cm³/mol. The third-order valence-electron chi connectivity index (χ3n) is 8.36. The number of piperidine rings is 1. The average Bonchev–Trinajstić information content (AvgIpc) is 3.24. The molecule has 0 radical (unpaired) electrons. The summed E-state index contributed by atoms with van der Waals surface area (Å²) < 4.78 is 53.2. The number of rotatable bonds is 6. The number of hydrogen-bond acceptors (Lipinski definition) is 11. The van der Waals surface area contributed by atoms with Crippen molar-refractivity contribution in [1.29, 1.82) is 0 Å². The van der Waals surface area contributed by atoms with Gasteiger partial charge in [-0.1, -0.05) is 6.07 Å². The van der Waals surface area contributed by atoms with Crippen LogP contribution in [0.3, 0.4) is 0 Å². The highest BCUT2D eigenvalue weighted by molar-refractivity contribution is 5.95. The molecule has 4 aliphatic rings. The molecule has 4 N–H and O–H groups in total. The van der Waals surface area contributed by atoms with Crippen LogP contribution >= 0.6 is 0 Å². The first-order valence-corrected chi connectivity index (χ1v) is 12.8. The molecule has 0 saturated carbocycles. The fourth-order valence-corrected chi connectivity index (χ4v) is 6.48. The van der Waals surface area contributed by atoms with Crippen LogP contribution in [0.15, 0.2) is 24.0 Å². The number of alkyl halides is 3. The molecule has 1 amide bonds. The minimum atomic E-state index is -5.52. The molecule has 6 atom stereocenters. The highest BCUT2D eigenvalue weighted by Gasteiger charge is 2.72. The minimum absolute atomic E-state index is 0.0311. The monoisotopic (exact) mass is 584 g/mol. The van der Waals surface area contributed by atoms with Gasteiger partial charge >= 0.3 is 24.1 Å². The van der Waals surface area contributed by atoms with E-state index in [0.29, 0.717) is 24.9 Å². The Morgan fingerprint density at radius 2 is 1.98 bits per heavy atom. The molecule has 1 aromatic carbocycles. The fraction of sp³-hybridized carbons (Fsp3) is 0.538. The van der Waals surface area contributed by atoms with Gasteiger partial charge in [-0.25, -0.2) is 9.59 Å². The lowest BCUT2D eigenvalue weighted by Crippen LogP contribution is -2.74. The summed E-state index contributed by atoms with van der Waals surface area (Å²) in [5, 5.41) is 34.0. The van der Waals surface area contributed by atoms with Crippen molar-refractivity contribution < 1.29 is 61.9 Å². The number of nitrogens with one attached hydrogen (secondary N) is 1. The lowest BCUT2D eigenvalue weighted by molar-refractivity contribution is -0.202. The lowest BCUT2D eigenvalue weighted by atomic mass is 9.50. The summed E-state index contributed by atoms with van der Waals surface area (Å²) in [6.45, 7) is 1.55. The molecule has 0 unspecified atom stereocenters. The van der Waals surface area contributed by atoms with E-state index in [4.69, 9.17) is 9.47 Å². The Balaban J connectivity index is 1.42. The van der Waals surface area contributed by atoms with Gasteiger partial charge in [0, 0.05) is 18.0 Å². The number of hydrogen-bond donors (Lipinski definition) is 4. The van der Waals surface area contributed by atoms with E-state index in [1.165, 1.54) is 12.1 Å². The van der Waals surface area contributed by atoms with Crippen LogP contribution in [0, 0.1) is 0 Å². The number of ether oxygens (including phenoxy) is 3. The van der Waals surface area contributed by atoms with E-state index in [-0.39, 0.29) is 29.7 Å². The Labute approximate surface area is 230 Å². The van der Waals surface area contributed by atoms with Crippen LogP contribution < -0.4 is 10.1 Å². The highest BCUT2D eigenvalue weighted by Crippen LogP contribution is 2.65. The first kappa shape index (κ1) is 28.8. The zero-order valence-electron chi connectivity index (χ0n) is 21.9. The number of aliphatic hydroxyl groups is 2. The summed E-state index contributed by atoms with van der Waals surface area (Å²) in [6.07, 6.45) is -7.06. The molecule has 41 heavy (non-hydrogen) atoms. The van der Waals surface area contributed by atoms with Gasteiger partial charge in [0.1, 0.15) is 17.9 Å². The van der Waals surface area contributed by atoms with E-state index in [9.17, 15) is 47.7 Å². The van der Waals surface area contributed by atoms with Gasteiger partial charge in [-0.3, -0.25) is 9.59 Å². The normalized spacial score (nSPS) is 29.3. The Bertz CT molecular complexity index is 1360. The molecule has 2 aliphatic heterocycles. The maximum atomic E-state index is 13.0. The molecule has 12 nitrogen and oxygen atoms in total. The second-order valence-electron chi connectivity index (χ2n) is 10.7. The maximum Gasteiger partial charge on any atom is 0.491 e. The van der Waals surface area contributed by atoms with E-state index in [1.54, 1.807) is 6.07 Å². The van der Waals surface area contributed by atoms with Crippen molar-refractivity contribution in [2.75, 3.05) is 13.6 Å². The number of benzene rings is 1. The van der Waals surface area contributed by atoms with Crippen molar-refractivity contribution in [2.24, 2.45) is 0 Å². The summed E-state index contributed by atoms with van der Waals surface area (Å²) in [7, 11) is 1.89. The van der Waals surface area contributed by atoms with E-state index < -0.39 is 65.7 Å². The third kappa shape index (κ3) is 4.42. The second-order valence-corrected chi connectivity index (χ2v) is 10.7. The van der Waals surface area contributed by atoms with Crippen molar-refractivity contribution in [3.63, 3.8) is 0 Å². The number of likely N-dealkylation sites (N-methyl/N-ethyl adjacent to an activating group) is 1. The topological polar surface area (TPSA) is 172 Å². The van der Waals surface area contributed by atoms with Crippen LogP contribution in [0.2, 0.25) is 0 Å². The highest BCUT2D eigenvalue weighted by atomic mass is 19.4. The van der Waals surface area contributed by atoms with Crippen molar-refractivity contribution in [3.8, 4) is 11.5 Å². The molecule has 15 heteroatoms. The molecular formula is C26H27F3N2O10. The van der Waals surface area contributed by atoms with Crippen LogP contribution in [0.1, 0.15) is 37.3 Å². The summed E-state index contributed by atoms with van der Waals surface area (Å²) in [5.41, 5.74) is -0.990. The molecule has 2 aliphatic carbocycles. The third-order valence-corrected chi connectivity index (χ3v) is 8.36. The quantitative estimate of drug-likeness (QED) is 0.264. The van der Waals surface area contributed by atoms with Crippen LogP contribution in [-0.2, 0) is 40.5 Å². The fourth-order valence-electron chi connectivity index (χ4n) is 6.48. The Morgan fingerprint density at radius 3 is 2.63 bits per heavy atom. The number of phenols is 1. The van der Waals surface area contributed by atoms with E-state index in [0.717, 1.165) is 12.5 Å². The van der Waals surface area contributed by atoms with E-state index in [2.05, 4.69) is 4.74 Å². The summed E-state index contributed by atoms with van der Waals surface area (Å²) in [4.78, 5) is 50.4. The largest absolute Gasteiger partial charge is 0.504 e. The standard InChI is InChI=1S/C26H27F3N2O10/c1-11(32)21(35)30-13(22(36)41-23(37)26(27,28)29)10-17(34)39-15-5-6-25(38)16-9-12-3-4-14(33)19-18(12)24(25,20(15)40-19)7-8-31(16)2/h3-5,11,13,16,20,32-33,38H,6-10H2,1-2H3,(H,30,35)/t11-,13-,16+,20-,24-,25+/m0/s1. The number of carbonyl (C=O) groups is 4. The Kier molecular flexibility index (Phi) is 6.82. The maximum absolute atomic E-state index is 13.0. The molecule has 2 bridgehead atoms. The van der Waals surface area contributed by atoms with Crippen molar-refractivity contribution >= 4 is 23.8 Å². The number of phenolic OH excluding ortho intramolecular Hbond substituents is 1. The van der Waals surface area contributed by atoms with Gasteiger partial charge in [0.25, 0.3) is 0 Å². The van der Waals surface area contributed by atoms with Gasteiger partial charge in [0.15, 0.2) is 17.6 Å². The second kappa shape index (κ2) is 9.70. The molecular weight excluding hydrogens is 557 g/mol. The number of carbonyl (C=O) groups excluding carboxylic acids is 4. The first-order chi connectivity index (χ1) is 19.1. The van der Waals surface area contributed by atoms with Crippen LogP contribution in [0.4, 0.5) is 13.2 Å². The van der Waals surface area contributed by atoms with E-state index >= 15 is 0 Å². The molecule has 1 saturated heterocycles. The number of likely N-dealkylation sites (tertiary alicyclic amines) is 1. The molecule has 222 valence electrons. The van der Waals surface area contributed by atoms with Gasteiger partial charge < -0.3 is 39.7 Å². The van der Waals surface area contributed by atoms with Crippen LogP contribution in [-0.4, -0.2) is 93.7 Å². The number of nitrogens with zero attached hydrogens (tertiary/aromatic N) is 1. The van der Waals surface area contributed by atoms with Gasteiger partial charge in [-0.2, -0.15) is 13.2 Å². The zero-order chi connectivity index (χ0) is 30.1. The van der Waals surface area contributed by atoms with Gasteiger partial charge in [-0.05, 0) is 51.1 Å². The molecule has 5 rings (SSSR count). The van der Waals surface area contributed by atoms with Crippen LogP contribution in [0.25, 0.3) is 0 Å². The van der Waals surface area contributed by atoms with Crippen molar-refractivity contribution in [1.82, 2.24) is 10.2 Å². The summed E-state index contributed by atoms with van der Waals surface area (Å²) >= 11 is 0. The lowest BCUT2D eigenvalue weighted by Gasteiger charge is -2.61. The SMILES string of the molecule is C[C@H](O)C(=O)N[C@@H](CC(=O)OC1=CC[C@@]2(O)[C@H]3Cc4ccc(O)c5c4[C@@]2(CCN3C)[C@H]1O5)C(=O)OC(=O)C(F)(F)F. The first-order valence-electron chi connectivity index (χ1n) is 12.8. The smallest absolute Gasteiger partial charge is 0.491 e. The summed E-state index contributed by atoms with van der Waals surface area (Å²) in [5.74, 6) is -7.28. The summed E-state index contributed by atoms with van der Waals surface area (Å²) in [6, 6.07) is 0.788. The van der Waals surface area contributed by atoms with Gasteiger partial charge in [0.2, 0.25) is 5.91 Å². The Morgan fingerprint density at radius 1 is 1.27 bits per heavy atom. The van der Waals surface area contributed by atoms with Crippen molar-refractivity contribution in [3.05, 3.63) is 35.1 Å². The average molecular weight is 585 g/mol. The molecule has 2 heterocycles. The molecule has 0 aromatic heterocycles.